The van der Waals surface area contributed by atoms with Crippen LogP contribution in [0.2, 0.25) is 0 Å². The monoisotopic (exact) mass is 272 g/mol. The maximum atomic E-state index is 9.92. The lowest BCUT2D eigenvalue weighted by Crippen LogP contribution is -2.20. The molecule has 0 saturated heterocycles. The molecule has 1 unspecified atom stereocenters. The topological polar surface area (TPSA) is 54.4 Å². The molecule has 0 amide bonds. The van der Waals surface area contributed by atoms with Crippen LogP contribution in [0.1, 0.15) is 30.5 Å². The molecular formula is C16H20N2O2. The highest BCUT2D eigenvalue weighted by atomic mass is 16.5. The van der Waals surface area contributed by atoms with Crippen LogP contribution in [0.15, 0.2) is 42.6 Å². The lowest BCUT2D eigenvalue weighted by molar-refractivity contribution is 0.396. The first kappa shape index (κ1) is 14.3. The highest BCUT2D eigenvalue weighted by molar-refractivity contribution is 5.34. The van der Waals surface area contributed by atoms with Gasteiger partial charge in [0.25, 0.3) is 0 Å². The quantitative estimate of drug-likeness (QED) is 0.848. The molecule has 20 heavy (non-hydrogen) atoms. The minimum atomic E-state index is 0.121. The van der Waals surface area contributed by atoms with Gasteiger partial charge >= 0.3 is 0 Å². The van der Waals surface area contributed by atoms with E-state index < -0.39 is 0 Å². The zero-order chi connectivity index (χ0) is 14.4. The van der Waals surface area contributed by atoms with Gasteiger partial charge in [0.05, 0.1) is 7.11 Å². The van der Waals surface area contributed by atoms with Crippen LogP contribution in [-0.4, -0.2) is 17.2 Å². The van der Waals surface area contributed by atoms with E-state index in [4.69, 9.17) is 4.74 Å². The Labute approximate surface area is 119 Å². The number of hydrogen-bond acceptors (Lipinski definition) is 4. The second-order valence-electron chi connectivity index (χ2n) is 4.61. The van der Waals surface area contributed by atoms with Crippen molar-refractivity contribution in [1.82, 2.24) is 10.3 Å². The number of nitrogens with one attached hydrogen (secondary N) is 1. The van der Waals surface area contributed by atoms with Gasteiger partial charge in [-0.2, -0.15) is 0 Å². The van der Waals surface area contributed by atoms with Crippen molar-refractivity contribution in [2.75, 3.05) is 7.11 Å². The summed E-state index contributed by atoms with van der Waals surface area (Å²) in [7, 11) is 1.61. The Bertz CT molecular complexity index is 558. The summed E-state index contributed by atoms with van der Waals surface area (Å²) in [5.41, 5.74) is 2.03. The summed E-state index contributed by atoms with van der Waals surface area (Å²) in [6.45, 7) is 2.79. The molecule has 1 aromatic heterocycles. The first-order valence-corrected chi connectivity index (χ1v) is 6.74. The van der Waals surface area contributed by atoms with E-state index in [0.29, 0.717) is 18.2 Å². The van der Waals surface area contributed by atoms with E-state index in [2.05, 4.69) is 17.2 Å². The first-order valence-electron chi connectivity index (χ1n) is 6.74. The van der Waals surface area contributed by atoms with Crippen LogP contribution in [0.25, 0.3) is 0 Å². The molecule has 0 fully saturated rings. The third kappa shape index (κ3) is 3.48. The molecule has 0 aliphatic carbocycles. The Hall–Kier alpha value is -2.07. The Morgan fingerprint density at radius 3 is 2.80 bits per heavy atom. The van der Waals surface area contributed by atoms with Crippen molar-refractivity contribution >= 4 is 0 Å². The summed E-state index contributed by atoms with van der Waals surface area (Å²) in [5, 5.41) is 13.4. The van der Waals surface area contributed by atoms with E-state index in [-0.39, 0.29) is 6.04 Å². The van der Waals surface area contributed by atoms with E-state index in [1.807, 2.05) is 30.3 Å². The molecular weight excluding hydrogens is 252 g/mol. The first-order chi connectivity index (χ1) is 9.74. The third-order valence-electron chi connectivity index (χ3n) is 3.28. The van der Waals surface area contributed by atoms with Crippen molar-refractivity contribution < 1.29 is 9.84 Å². The number of hydrogen-bond donors (Lipinski definition) is 2. The fourth-order valence-electron chi connectivity index (χ4n) is 2.17. The second-order valence-corrected chi connectivity index (χ2v) is 4.61. The van der Waals surface area contributed by atoms with E-state index in [1.165, 1.54) is 0 Å². The molecule has 4 nitrogen and oxygen atoms in total. The molecule has 1 aromatic carbocycles. The van der Waals surface area contributed by atoms with Crippen molar-refractivity contribution in [2.24, 2.45) is 0 Å². The van der Waals surface area contributed by atoms with Gasteiger partial charge in [-0.05, 0) is 24.1 Å². The average molecular weight is 272 g/mol. The molecule has 4 heteroatoms. The van der Waals surface area contributed by atoms with E-state index in [0.717, 1.165) is 17.5 Å². The predicted octanol–water partition coefficient (Wildman–Crippen LogP) is 3.04. The van der Waals surface area contributed by atoms with Gasteiger partial charge < -0.3 is 15.2 Å². The minimum Gasteiger partial charge on any atom is -0.508 e. The molecule has 0 bridgehead atoms. The fourth-order valence-corrected chi connectivity index (χ4v) is 2.17. The van der Waals surface area contributed by atoms with Crippen molar-refractivity contribution in [1.29, 1.82) is 0 Å². The number of rotatable bonds is 6. The van der Waals surface area contributed by atoms with Crippen LogP contribution in [0.4, 0.5) is 0 Å². The van der Waals surface area contributed by atoms with Gasteiger partial charge in [-0.15, -0.1) is 0 Å². The Balaban J connectivity index is 2.06. The third-order valence-corrected chi connectivity index (χ3v) is 3.28. The molecule has 1 atom stereocenters. The summed E-state index contributed by atoms with van der Waals surface area (Å²) >= 11 is 0. The number of benzene rings is 1. The molecule has 0 spiro atoms. The zero-order valence-corrected chi connectivity index (χ0v) is 11.8. The van der Waals surface area contributed by atoms with Gasteiger partial charge in [0.1, 0.15) is 5.75 Å². The van der Waals surface area contributed by atoms with Crippen LogP contribution in [0.3, 0.4) is 0 Å². The van der Waals surface area contributed by atoms with Crippen molar-refractivity contribution in [3.05, 3.63) is 53.7 Å². The summed E-state index contributed by atoms with van der Waals surface area (Å²) in [5.74, 6) is 0.944. The smallest absolute Gasteiger partial charge is 0.213 e. The molecule has 2 N–H and O–H groups in total. The summed E-state index contributed by atoms with van der Waals surface area (Å²) in [6.07, 6.45) is 2.64. The summed E-state index contributed by atoms with van der Waals surface area (Å²) in [4.78, 5) is 4.09. The van der Waals surface area contributed by atoms with Gasteiger partial charge in [0, 0.05) is 30.4 Å². The van der Waals surface area contributed by atoms with Crippen LogP contribution in [0, 0.1) is 0 Å². The second kappa shape index (κ2) is 6.91. The number of phenols is 1. The molecule has 106 valence electrons. The normalized spacial score (nSPS) is 12.1. The number of pyridine rings is 1. The van der Waals surface area contributed by atoms with Gasteiger partial charge in [0.2, 0.25) is 5.88 Å². The number of para-hydroxylation sites is 1. The van der Waals surface area contributed by atoms with Gasteiger partial charge in [-0.25, -0.2) is 4.98 Å². The summed E-state index contributed by atoms with van der Waals surface area (Å²) < 4.78 is 5.11. The van der Waals surface area contributed by atoms with E-state index in [1.54, 1.807) is 19.4 Å². The average Bonchev–Trinajstić information content (AvgIpc) is 2.49. The highest BCUT2D eigenvalue weighted by Gasteiger charge is 2.12. The van der Waals surface area contributed by atoms with Crippen molar-refractivity contribution in [3.8, 4) is 11.6 Å². The molecule has 2 rings (SSSR count). The van der Waals surface area contributed by atoms with Gasteiger partial charge in [-0.1, -0.05) is 25.1 Å². The summed E-state index contributed by atoms with van der Waals surface area (Å²) in [6, 6.07) is 11.4. The molecule has 0 saturated carbocycles. The molecule has 0 aliphatic heterocycles. The number of aromatic hydroxyl groups is 1. The van der Waals surface area contributed by atoms with Crippen molar-refractivity contribution in [2.45, 2.75) is 25.9 Å². The van der Waals surface area contributed by atoms with Crippen LogP contribution >= 0.6 is 0 Å². The number of nitrogens with zero attached hydrogens (tertiary/aromatic N) is 1. The van der Waals surface area contributed by atoms with Gasteiger partial charge in [0.15, 0.2) is 0 Å². The Morgan fingerprint density at radius 2 is 2.10 bits per heavy atom. The SMILES string of the molecule is CCC(NCc1ccnc(OC)c1)c1ccccc1O. The van der Waals surface area contributed by atoms with Gasteiger partial charge in [-0.3, -0.25) is 0 Å². The number of phenolic OH excluding ortho intramolecular Hbond substituents is 1. The molecule has 0 aliphatic rings. The number of methoxy groups -OCH3 is 1. The number of aromatic nitrogens is 1. The largest absolute Gasteiger partial charge is 0.508 e. The lowest BCUT2D eigenvalue weighted by Gasteiger charge is -2.18. The lowest BCUT2D eigenvalue weighted by atomic mass is 10.0. The maximum Gasteiger partial charge on any atom is 0.213 e. The predicted molar refractivity (Wildman–Crippen MR) is 78.8 cm³/mol. The Morgan fingerprint density at radius 1 is 1.30 bits per heavy atom. The van der Waals surface area contributed by atoms with E-state index >= 15 is 0 Å². The molecule has 2 aromatic rings. The van der Waals surface area contributed by atoms with Crippen molar-refractivity contribution in [3.63, 3.8) is 0 Å². The van der Waals surface area contributed by atoms with Crippen LogP contribution in [0.5, 0.6) is 11.6 Å². The van der Waals surface area contributed by atoms with Crippen LogP contribution < -0.4 is 10.1 Å². The Kier molecular flexibility index (Phi) is 4.96. The molecule has 0 radical (unpaired) electrons. The molecule has 1 heterocycles. The maximum absolute atomic E-state index is 9.92. The fraction of sp³-hybridized carbons (Fsp3) is 0.312. The zero-order valence-electron chi connectivity index (χ0n) is 11.8. The standard InChI is InChI=1S/C16H20N2O2/c1-3-14(13-6-4-5-7-15(13)19)18-11-12-8-9-17-16(10-12)20-2/h4-10,14,18-19H,3,11H2,1-2H3. The van der Waals surface area contributed by atoms with E-state index in [9.17, 15) is 5.11 Å². The number of ether oxygens (including phenoxy) is 1. The highest BCUT2D eigenvalue weighted by Crippen LogP contribution is 2.26. The minimum absolute atomic E-state index is 0.121. The van der Waals surface area contributed by atoms with Crippen LogP contribution in [-0.2, 0) is 6.54 Å².